The SMILES string of the molecule is COc1cc(OC)cc(C(=O)Nc2ccnn2Cc2cccc(Cl)c2)c1. The van der Waals surface area contributed by atoms with E-state index in [2.05, 4.69) is 10.4 Å². The van der Waals surface area contributed by atoms with Gasteiger partial charge in [-0.2, -0.15) is 5.10 Å². The molecule has 0 unspecified atom stereocenters. The lowest BCUT2D eigenvalue weighted by molar-refractivity contribution is 0.102. The highest BCUT2D eigenvalue weighted by molar-refractivity contribution is 6.30. The van der Waals surface area contributed by atoms with Crippen LogP contribution in [-0.2, 0) is 6.54 Å². The first kappa shape index (κ1) is 17.8. The first-order chi connectivity index (χ1) is 12.6. The molecule has 0 fully saturated rings. The van der Waals surface area contributed by atoms with E-state index in [0.717, 1.165) is 5.56 Å². The van der Waals surface area contributed by atoms with Crippen LogP contribution in [0.3, 0.4) is 0 Å². The maximum Gasteiger partial charge on any atom is 0.257 e. The van der Waals surface area contributed by atoms with Crippen molar-refractivity contribution < 1.29 is 14.3 Å². The second-order valence-electron chi connectivity index (χ2n) is 5.56. The summed E-state index contributed by atoms with van der Waals surface area (Å²) in [7, 11) is 3.08. The zero-order valence-corrected chi connectivity index (χ0v) is 15.2. The number of nitrogens with zero attached hydrogens (tertiary/aromatic N) is 2. The summed E-state index contributed by atoms with van der Waals surface area (Å²) in [6.07, 6.45) is 1.63. The van der Waals surface area contributed by atoms with Gasteiger partial charge in [-0.15, -0.1) is 0 Å². The fourth-order valence-corrected chi connectivity index (χ4v) is 2.71. The van der Waals surface area contributed by atoms with Gasteiger partial charge >= 0.3 is 0 Å². The number of nitrogens with one attached hydrogen (secondary N) is 1. The zero-order chi connectivity index (χ0) is 18.5. The van der Waals surface area contributed by atoms with Gasteiger partial charge in [0.2, 0.25) is 0 Å². The minimum Gasteiger partial charge on any atom is -0.497 e. The van der Waals surface area contributed by atoms with Crippen molar-refractivity contribution in [3.05, 3.63) is 70.9 Å². The predicted octanol–water partition coefficient (Wildman–Crippen LogP) is 3.85. The van der Waals surface area contributed by atoms with Gasteiger partial charge in [0, 0.05) is 22.7 Å². The summed E-state index contributed by atoms with van der Waals surface area (Å²) < 4.78 is 12.1. The zero-order valence-electron chi connectivity index (χ0n) is 14.4. The monoisotopic (exact) mass is 371 g/mol. The van der Waals surface area contributed by atoms with Crippen molar-refractivity contribution in [2.24, 2.45) is 0 Å². The summed E-state index contributed by atoms with van der Waals surface area (Å²) in [5.41, 5.74) is 1.41. The van der Waals surface area contributed by atoms with E-state index < -0.39 is 0 Å². The molecule has 0 atom stereocenters. The molecular formula is C19H18ClN3O3. The molecule has 1 heterocycles. The maximum absolute atomic E-state index is 12.6. The number of aromatic nitrogens is 2. The quantitative estimate of drug-likeness (QED) is 0.714. The molecule has 0 saturated heterocycles. The first-order valence-electron chi connectivity index (χ1n) is 7.89. The van der Waals surface area contributed by atoms with Gasteiger partial charge in [-0.1, -0.05) is 23.7 Å². The largest absolute Gasteiger partial charge is 0.497 e. The van der Waals surface area contributed by atoms with Gasteiger partial charge in [0.15, 0.2) is 0 Å². The van der Waals surface area contributed by atoms with Gasteiger partial charge in [-0.25, -0.2) is 4.68 Å². The molecule has 0 aliphatic heterocycles. The van der Waals surface area contributed by atoms with Crippen molar-refractivity contribution in [1.82, 2.24) is 9.78 Å². The lowest BCUT2D eigenvalue weighted by atomic mass is 10.2. The third-order valence-electron chi connectivity index (χ3n) is 3.79. The fourth-order valence-electron chi connectivity index (χ4n) is 2.50. The number of hydrogen-bond acceptors (Lipinski definition) is 4. The molecule has 0 radical (unpaired) electrons. The molecule has 3 aromatic rings. The Morgan fingerprint density at radius 2 is 1.85 bits per heavy atom. The molecule has 1 aromatic heterocycles. The van der Waals surface area contributed by atoms with Gasteiger partial charge in [0.05, 0.1) is 27.0 Å². The van der Waals surface area contributed by atoms with Crippen LogP contribution in [0.15, 0.2) is 54.7 Å². The van der Waals surface area contributed by atoms with Crippen molar-refractivity contribution in [1.29, 1.82) is 0 Å². The number of ether oxygens (including phenoxy) is 2. The summed E-state index contributed by atoms with van der Waals surface area (Å²) >= 11 is 6.02. The molecule has 6 nitrogen and oxygen atoms in total. The number of halogens is 1. The Bertz CT molecular complexity index is 902. The smallest absolute Gasteiger partial charge is 0.257 e. The summed E-state index contributed by atoms with van der Waals surface area (Å²) in [5, 5.41) is 7.78. The molecule has 1 N–H and O–H groups in total. The maximum atomic E-state index is 12.6. The van der Waals surface area contributed by atoms with Gasteiger partial charge in [0.25, 0.3) is 5.91 Å². The van der Waals surface area contributed by atoms with Crippen LogP contribution >= 0.6 is 11.6 Å². The van der Waals surface area contributed by atoms with Crippen LogP contribution in [0.25, 0.3) is 0 Å². The van der Waals surface area contributed by atoms with Gasteiger partial charge < -0.3 is 14.8 Å². The minimum absolute atomic E-state index is 0.282. The van der Waals surface area contributed by atoms with E-state index >= 15 is 0 Å². The molecule has 134 valence electrons. The second kappa shape index (κ2) is 7.93. The van der Waals surface area contributed by atoms with E-state index in [-0.39, 0.29) is 5.91 Å². The normalized spacial score (nSPS) is 10.4. The van der Waals surface area contributed by atoms with E-state index in [9.17, 15) is 4.79 Å². The molecule has 2 aromatic carbocycles. The highest BCUT2D eigenvalue weighted by Gasteiger charge is 2.13. The topological polar surface area (TPSA) is 65.4 Å². The van der Waals surface area contributed by atoms with E-state index in [1.54, 1.807) is 35.1 Å². The van der Waals surface area contributed by atoms with Crippen LogP contribution in [-0.4, -0.2) is 29.9 Å². The molecule has 1 amide bonds. The second-order valence-corrected chi connectivity index (χ2v) is 6.00. The van der Waals surface area contributed by atoms with Crippen LogP contribution in [0.1, 0.15) is 15.9 Å². The Kier molecular flexibility index (Phi) is 5.43. The number of hydrogen-bond donors (Lipinski definition) is 1. The van der Waals surface area contributed by atoms with Crippen LogP contribution in [0, 0.1) is 0 Å². The number of benzene rings is 2. The van der Waals surface area contributed by atoms with Gasteiger partial charge in [-0.3, -0.25) is 4.79 Å². The molecule has 0 spiro atoms. The average molecular weight is 372 g/mol. The first-order valence-corrected chi connectivity index (χ1v) is 8.27. The summed E-state index contributed by atoms with van der Waals surface area (Å²) in [6, 6.07) is 14.2. The Morgan fingerprint density at radius 1 is 1.12 bits per heavy atom. The molecule has 0 bridgehead atoms. The van der Waals surface area contributed by atoms with Crippen LogP contribution in [0.4, 0.5) is 5.82 Å². The third kappa shape index (κ3) is 4.15. The number of methoxy groups -OCH3 is 2. The molecule has 0 saturated carbocycles. The Hall–Kier alpha value is -2.99. The molecule has 0 aliphatic rings. The standard InChI is InChI=1S/C19H18ClN3O3/c1-25-16-9-14(10-17(11-16)26-2)19(24)22-18-6-7-21-23(18)12-13-4-3-5-15(20)8-13/h3-11H,12H2,1-2H3,(H,22,24). The van der Waals surface area contributed by atoms with E-state index in [4.69, 9.17) is 21.1 Å². The minimum atomic E-state index is -0.282. The van der Waals surface area contributed by atoms with E-state index in [1.807, 2.05) is 24.3 Å². The number of carbonyl (C=O) groups excluding carboxylic acids is 1. The highest BCUT2D eigenvalue weighted by atomic mass is 35.5. The highest BCUT2D eigenvalue weighted by Crippen LogP contribution is 2.23. The molecular weight excluding hydrogens is 354 g/mol. The van der Waals surface area contributed by atoms with Crippen molar-refractivity contribution in [3.63, 3.8) is 0 Å². The lowest BCUT2D eigenvalue weighted by Crippen LogP contribution is -2.16. The molecule has 0 aliphatic carbocycles. The summed E-state index contributed by atoms with van der Waals surface area (Å²) in [6.45, 7) is 0.491. The van der Waals surface area contributed by atoms with Gasteiger partial charge in [0.1, 0.15) is 17.3 Å². The fraction of sp³-hybridized carbons (Fsp3) is 0.158. The predicted molar refractivity (Wildman–Crippen MR) is 100 cm³/mol. The van der Waals surface area contributed by atoms with Crippen LogP contribution < -0.4 is 14.8 Å². The average Bonchev–Trinajstić information content (AvgIpc) is 3.07. The Morgan fingerprint density at radius 3 is 2.50 bits per heavy atom. The van der Waals surface area contributed by atoms with Crippen molar-refractivity contribution >= 4 is 23.3 Å². The van der Waals surface area contributed by atoms with E-state index in [0.29, 0.717) is 34.4 Å². The number of anilines is 1. The van der Waals surface area contributed by atoms with Crippen molar-refractivity contribution in [2.75, 3.05) is 19.5 Å². The summed E-state index contributed by atoms with van der Waals surface area (Å²) in [5.74, 6) is 1.38. The molecule has 7 heteroatoms. The third-order valence-corrected chi connectivity index (χ3v) is 4.03. The van der Waals surface area contributed by atoms with E-state index in [1.165, 1.54) is 14.2 Å². The van der Waals surface area contributed by atoms with Crippen LogP contribution in [0.2, 0.25) is 5.02 Å². The van der Waals surface area contributed by atoms with Crippen molar-refractivity contribution in [2.45, 2.75) is 6.54 Å². The van der Waals surface area contributed by atoms with Crippen molar-refractivity contribution in [3.8, 4) is 11.5 Å². The lowest BCUT2D eigenvalue weighted by Gasteiger charge is -2.11. The number of carbonyl (C=O) groups is 1. The number of rotatable bonds is 6. The Balaban J connectivity index is 1.80. The Labute approximate surface area is 156 Å². The number of amides is 1. The molecule has 26 heavy (non-hydrogen) atoms. The van der Waals surface area contributed by atoms with Gasteiger partial charge in [-0.05, 0) is 29.8 Å². The molecule has 3 rings (SSSR count). The summed E-state index contributed by atoms with van der Waals surface area (Å²) in [4.78, 5) is 12.6. The van der Waals surface area contributed by atoms with Crippen LogP contribution in [0.5, 0.6) is 11.5 Å².